The summed E-state index contributed by atoms with van der Waals surface area (Å²) in [6.45, 7) is 2.54. The lowest BCUT2D eigenvalue weighted by molar-refractivity contribution is 0.0749. The molecule has 0 saturated carbocycles. The van der Waals surface area contributed by atoms with Crippen molar-refractivity contribution >= 4 is 11.6 Å². The Morgan fingerprint density at radius 1 is 1.29 bits per heavy atom. The van der Waals surface area contributed by atoms with Crippen LogP contribution in [0.25, 0.3) is 0 Å². The normalized spacial score (nSPS) is 10.4. The van der Waals surface area contributed by atoms with E-state index < -0.39 is 11.7 Å². The number of anilines is 1. The molecule has 0 aliphatic carbocycles. The number of rotatable bonds is 4. The van der Waals surface area contributed by atoms with Gasteiger partial charge in [-0.1, -0.05) is 18.2 Å². The molecule has 0 saturated heterocycles. The summed E-state index contributed by atoms with van der Waals surface area (Å²) >= 11 is 0. The predicted octanol–water partition coefficient (Wildman–Crippen LogP) is 2.78. The fraction of sp³-hybridized carbons (Fsp3) is 0.188. The van der Waals surface area contributed by atoms with Crippen LogP contribution in [-0.4, -0.2) is 22.5 Å². The van der Waals surface area contributed by atoms with E-state index in [1.54, 1.807) is 6.07 Å². The fourth-order valence-corrected chi connectivity index (χ4v) is 2.06. The Morgan fingerprint density at radius 3 is 2.67 bits per heavy atom. The van der Waals surface area contributed by atoms with Crippen molar-refractivity contribution in [3.05, 3.63) is 59.4 Å². The smallest absolute Gasteiger partial charge is 0.258 e. The van der Waals surface area contributed by atoms with Crippen molar-refractivity contribution in [2.24, 2.45) is 0 Å². The molecule has 1 amide bonds. The lowest BCUT2D eigenvalue weighted by atomic mass is 10.1. The van der Waals surface area contributed by atoms with Gasteiger partial charge in [-0.15, -0.1) is 0 Å². The highest BCUT2D eigenvalue weighted by molar-refractivity contribution is 5.96. The first-order chi connectivity index (χ1) is 10.0. The van der Waals surface area contributed by atoms with Crippen LogP contribution >= 0.6 is 0 Å². The van der Waals surface area contributed by atoms with Gasteiger partial charge in [-0.25, -0.2) is 4.39 Å². The number of amides is 1. The van der Waals surface area contributed by atoms with Gasteiger partial charge >= 0.3 is 0 Å². The minimum atomic E-state index is -0.563. The van der Waals surface area contributed by atoms with Crippen LogP contribution in [0.2, 0.25) is 0 Å². The van der Waals surface area contributed by atoms with E-state index in [4.69, 9.17) is 5.73 Å². The number of nitrogens with two attached hydrogens (primary N) is 1. The molecular formula is C16H17FN2O2. The van der Waals surface area contributed by atoms with E-state index in [1.807, 2.05) is 25.1 Å². The maximum absolute atomic E-state index is 13.3. The Hall–Kier alpha value is -2.56. The summed E-state index contributed by atoms with van der Waals surface area (Å²) in [7, 11) is 0. The van der Waals surface area contributed by atoms with E-state index in [1.165, 1.54) is 11.0 Å². The third kappa shape index (κ3) is 3.31. The molecule has 0 aliphatic heterocycles. The van der Waals surface area contributed by atoms with Crippen LogP contribution in [0.3, 0.4) is 0 Å². The number of para-hydroxylation sites is 1. The van der Waals surface area contributed by atoms with Crippen LogP contribution < -0.4 is 5.73 Å². The van der Waals surface area contributed by atoms with Gasteiger partial charge in [0.1, 0.15) is 11.6 Å². The average Bonchev–Trinajstić information content (AvgIpc) is 2.48. The topological polar surface area (TPSA) is 66.6 Å². The van der Waals surface area contributed by atoms with Crippen LogP contribution in [0.1, 0.15) is 22.8 Å². The van der Waals surface area contributed by atoms with Crippen molar-refractivity contribution < 1.29 is 14.3 Å². The van der Waals surface area contributed by atoms with Gasteiger partial charge in [0.25, 0.3) is 5.91 Å². The van der Waals surface area contributed by atoms with Gasteiger partial charge in [-0.3, -0.25) is 4.79 Å². The molecule has 3 N–H and O–H groups in total. The summed E-state index contributed by atoms with van der Waals surface area (Å²) < 4.78 is 13.3. The van der Waals surface area contributed by atoms with E-state index >= 15 is 0 Å². The molecule has 21 heavy (non-hydrogen) atoms. The van der Waals surface area contributed by atoms with Crippen LogP contribution in [0.4, 0.5) is 10.1 Å². The highest BCUT2D eigenvalue weighted by Gasteiger charge is 2.19. The third-order valence-electron chi connectivity index (χ3n) is 3.27. The molecule has 0 heterocycles. The van der Waals surface area contributed by atoms with Gasteiger partial charge < -0.3 is 15.7 Å². The average molecular weight is 288 g/mol. The number of hydrogen-bond acceptors (Lipinski definition) is 3. The Balaban J connectivity index is 2.27. The summed E-state index contributed by atoms with van der Waals surface area (Å²) in [5.41, 5.74) is 7.22. The summed E-state index contributed by atoms with van der Waals surface area (Å²) in [5.74, 6) is -1.23. The zero-order chi connectivity index (χ0) is 15.4. The lowest BCUT2D eigenvalue weighted by Gasteiger charge is -2.22. The number of phenolic OH excluding ortho intramolecular Hbond substituents is 1. The molecule has 0 spiro atoms. The number of nitrogen functional groups attached to an aromatic ring is 1. The van der Waals surface area contributed by atoms with Crippen LogP contribution in [0, 0.1) is 5.82 Å². The molecule has 0 atom stereocenters. The monoisotopic (exact) mass is 288 g/mol. The second-order valence-electron chi connectivity index (χ2n) is 4.68. The summed E-state index contributed by atoms with van der Waals surface area (Å²) in [5, 5.41) is 9.73. The second kappa shape index (κ2) is 6.26. The molecule has 2 aromatic carbocycles. The van der Waals surface area contributed by atoms with Crippen LogP contribution in [-0.2, 0) is 6.54 Å². The number of hydrogen-bond donors (Lipinski definition) is 2. The van der Waals surface area contributed by atoms with Crippen molar-refractivity contribution in [3.8, 4) is 5.75 Å². The number of halogens is 1. The van der Waals surface area contributed by atoms with Gasteiger partial charge in [-0.05, 0) is 36.8 Å². The van der Waals surface area contributed by atoms with Crippen LogP contribution in [0.15, 0.2) is 42.5 Å². The molecule has 0 aromatic heterocycles. The first kappa shape index (κ1) is 14.8. The molecule has 0 fully saturated rings. The van der Waals surface area contributed by atoms with Crippen molar-refractivity contribution in [2.75, 3.05) is 12.3 Å². The predicted molar refractivity (Wildman–Crippen MR) is 79.3 cm³/mol. The van der Waals surface area contributed by atoms with E-state index in [9.17, 15) is 14.3 Å². The van der Waals surface area contributed by atoms with Crippen LogP contribution in [0.5, 0.6) is 5.75 Å². The third-order valence-corrected chi connectivity index (χ3v) is 3.27. The highest BCUT2D eigenvalue weighted by atomic mass is 19.1. The van der Waals surface area contributed by atoms with Crippen molar-refractivity contribution in [1.29, 1.82) is 0 Å². The molecule has 2 aromatic rings. The van der Waals surface area contributed by atoms with E-state index in [0.29, 0.717) is 18.8 Å². The quantitative estimate of drug-likeness (QED) is 0.850. The minimum absolute atomic E-state index is 0.0497. The van der Waals surface area contributed by atoms with E-state index in [-0.39, 0.29) is 11.3 Å². The van der Waals surface area contributed by atoms with E-state index in [2.05, 4.69) is 0 Å². The summed E-state index contributed by atoms with van der Waals surface area (Å²) in [4.78, 5) is 13.9. The SMILES string of the molecule is CCN(Cc1ccccc1N)C(=O)c1cc(F)ccc1O. The highest BCUT2D eigenvalue weighted by Crippen LogP contribution is 2.21. The Labute approximate surface area is 122 Å². The molecule has 0 radical (unpaired) electrons. The van der Waals surface area contributed by atoms with Gasteiger partial charge in [0, 0.05) is 18.8 Å². The molecule has 4 nitrogen and oxygen atoms in total. The standard InChI is InChI=1S/C16H17FN2O2/c1-2-19(10-11-5-3-4-6-14(11)18)16(21)13-9-12(17)7-8-15(13)20/h3-9,20H,2,10,18H2,1H3. The number of benzene rings is 2. The fourth-order valence-electron chi connectivity index (χ4n) is 2.06. The number of aromatic hydroxyl groups is 1. The van der Waals surface area contributed by atoms with Crippen molar-refractivity contribution in [2.45, 2.75) is 13.5 Å². The Kier molecular flexibility index (Phi) is 4.42. The summed E-state index contributed by atoms with van der Waals surface area (Å²) in [6.07, 6.45) is 0. The number of carbonyl (C=O) groups excluding carboxylic acids is 1. The zero-order valence-corrected chi connectivity index (χ0v) is 11.7. The zero-order valence-electron chi connectivity index (χ0n) is 11.7. The summed E-state index contributed by atoms with van der Waals surface area (Å²) in [6, 6.07) is 10.6. The van der Waals surface area contributed by atoms with Gasteiger partial charge in [0.2, 0.25) is 0 Å². The van der Waals surface area contributed by atoms with Gasteiger partial charge in [0.15, 0.2) is 0 Å². The maximum atomic E-state index is 13.3. The first-order valence-electron chi connectivity index (χ1n) is 6.64. The molecular weight excluding hydrogens is 271 g/mol. The van der Waals surface area contributed by atoms with E-state index in [0.717, 1.165) is 17.7 Å². The molecule has 5 heteroatoms. The molecule has 2 rings (SSSR count). The lowest BCUT2D eigenvalue weighted by Crippen LogP contribution is -2.30. The number of carbonyl (C=O) groups is 1. The second-order valence-corrected chi connectivity index (χ2v) is 4.68. The number of nitrogens with zero attached hydrogens (tertiary/aromatic N) is 1. The van der Waals surface area contributed by atoms with Crippen molar-refractivity contribution in [1.82, 2.24) is 4.90 Å². The largest absolute Gasteiger partial charge is 0.507 e. The Bertz CT molecular complexity index is 658. The molecule has 0 bridgehead atoms. The molecule has 110 valence electrons. The molecule has 0 unspecified atom stereocenters. The first-order valence-corrected chi connectivity index (χ1v) is 6.64. The molecule has 0 aliphatic rings. The maximum Gasteiger partial charge on any atom is 0.258 e. The minimum Gasteiger partial charge on any atom is -0.507 e. The van der Waals surface area contributed by atoms with Gasteiger partial charge in [0.05, 0.1) is 5.56 Å². The van der Waals surface area contributed by atoms with Gasteiger partial charge in [-0.2, -0.15) is 0 Å². The number of phenols is 1. The van der Waals surface area contributed by atoms with Crippen molar-refractivity contribution in [3.63, 3.8) is 0 Å². The Morgan fingerprint density at radius 2 is 2.00 bits per heavy atom.